The molecule has 1 aliphatic rings. The van der Waals surface area contributed by atoms with Crippen LogP contribution in [-0.4, -0.2) is 33.5 Å². The lowest BCUT2D eigenvalue weighted by atomic mass is 10.0. The van der Waals surface area contributed by atoms with E-state index in [2.05, 4.69) is 5.32 Å². The Bertz CT molecular complexity index is 930. The largest absolute Gasteiger partial charge is 0.505 e. The number of phenols is 3. The second-order valence-electron chi connectivity index (χ2n) is 5.38. The van der Waals surface area contributed by atoms with Crippen molar-refractivity contribution in [2.45, 2.75) is 0 Å². The number of ether oxygens (including phenoxy) is 1. The van der Waals surface area contributed by atoms with E-state index in [4.69, 9.17) is 9.84 Å². The third-order valence-corrected chi connectivity index (χ3v) is 3.77. The van der Waals surface area contributed by atoms with Crippen molar-refractivity contribution in [1.29, 1.82) is 0 Å². The summed E-state index contributed by atoms with van der Waals surface area (Å²) in [6, 6.07) is 5.80. The average Bonchev–Trinajstić information content (AvgIpc) is 2.58. The number of carboxylic acid groups (broad SMARTS) is 1. The zero-order chi connectivity index (χ0) is 18.1. The highest BCUT2D eigenvalue weighted by Crippen LogP contribution is 2.39. The molecule has 2 aromatic rings. The second-order valence-corrected chi connectivity index (χ2v) is 5.38. The predicted octanol–water partition coefficient (Wildman–Crippen LogP) is 2.99. The number of aromatic hydroxyl groups is 3. The van der Waals surface area contributed by atoms with E-state index in [1.807, 2.05) is 0 Å². The van der Waals surface area contributed by atoms with Crippen molar-refractivity contribution in [1.82, 2.24) is 0 Å². The predicted molar refractivity (Wildman–Crippen MR) is 92.0 cm³/mol. The summed E-state index contributed by atoms with van der Waals surface area (Å²) in [4.78, 5) is 11.1. The van der Waals surface area contributed by atoms with Crippen LogP contribution in [0, 0.1) is 0 Å². The van der Waals surface area contributed by atoms with E-state index in [1.54, 1.807) is 24.3 Å². The number of nitrogens with one attached hydrogen (secondary N) is 1. The first-order valence-corrected chi connectivity index (χ1v) is 7.26. The summed E-state index contributed by atoms with van der Waals surface area (Å²) >= 11 is 0. The van der Waals surface area contributed by atoms with Crippen LogP contribution >= 0.6 is 0 Å². The van der Waals surface area contributed by atoms with E-state index in [-0.39, 0.29) is 34.2 Å². The van der Waals surface area contributed by atoms with Gasteiger partial charge in [0.25, 0.3) is 0 Å². The normalized spacial score (nSPS) is 14.0. The van der Waals surface area contributed by atoms with Crippen LogP contribution in [0.1, 0.15) is 21.5 Å². The Balaban J connectivity index is 2.01. The molecule has 0 amide bonds. The Hall–Kier alpha value is -3.61. The number of fused-ring (bicyclic) bond motifs is 1. The van der Waals surface area contributed by atoms with Gasteiger partial charge in [-0.25, -0.2) is 4.79 Å². The number of rotatable bonds is 3. The van der Waals surface area contributed by atoms with Gasteiger partial charge < -0.3 is 30.5 Å². The van der Waals surface area contributed by atoms with Gasteiger partial charge in [-0.1, -0.05) is 12.1 Å². The van der Waals surface area contributed by atoms with Crippen LogP contribution in [0.3, 0.4) is 0 Å². The summed E-state index contributed by atoms with van der Waals surface area (Å²) in [5.74, 6) is -2.15. The van der Waals surface area contributed by atoms with E-state index < -0.39 is 5.97 Å². The lowest BCUT2D eigenvalue weighted by Crippen LogP contribution is -2.06. The molecule has 0 saturated carbocycles. The summed E-state index contributed by atoms with van der Waals surface area (Å²) in [7, 11) is 1.37. The molecule has 7 nitrogen and oxygen atoms in total. The zero-order valence-corrected chi connectivity index (χ0v) is 13.1. The summed E-state index contributed by atoms with van der Waals surface area (Å²) in [6.07, 6.45) is 5.10. The van der Waals surface area contributed by atoms with Gasteiger partial charge in [0, 0.05) is 11.3 Å². The summed E-state index contributed by atoms with van der Waals surface area (Å²) < 4.78 is 4.99. The molecule has 0 aliphatic carbocycles. The van der Waals surface area contributed by atoms with Crippen LogP contribution in [-0.2, 0) is 0 Å². The molecule has 25 heavy (non-hydrogen) atoms. The van der Waals surface area contributed by atoms with Crippen LogP contribution < -0.4 is 10.1 Å². The first-order chi connectivity index (χ1) is 11.9. The number of aromatic carboxylic acids is 1. The molecule has 1 heterocycles. The highest BCUT2D eigenvalue weighted by Gasteiger charge is 2.19. The molecule has 0 spiro atoms. The van der Waals surface area contributed by atoms with Crippen LogP contribution in [0.5, 0.6) is 23.0 Å². The number of carbonyl (C=O) groups is 1. The zero-order valence-electron chi connectivity index (χ0n) is 13.1. The standard InChI is InChI=1S/C18H15NO6/c1-25-14-8-9(7-13(20)17(14)22)6-11-4-2-10-3-5-12(18(23)24)16(21)15(10)19-11/h2-8,19-22H,1H3,(H,23,24)/b11-6+. The molecule has 1 aliphatic heterocycles. The van der Waals surface area contributed by atoms with Gasteiger partial charge in [-0.3, -0.25) is 0 Å². The summed E-state index contributed by atoms with van der Waals surface area (Å²) in [6.45, 7) is 0. The van der Waals surface area contributed by atoms with Crippen molar-refractivity contribution in [3.05, 3.63) is 52.7 Å². The Morgan fingerprint density at radius 2 is 1.88 bits per heavy atom. The van der Waals surface area contributed by atoms with Gasteiger partial charge in [0.05, 0.1) is 12.8 Å². The Morgan fingerprint density at radius 3 is 2.56 bits per heavy atom. The molecule has 0 saturated heterocycles. The molecule has 7 heteroatoms. The first kappa shape index (κ1) is 16.3. The Labute approximate surface area is 142 Å². The van der Waals surface area contributed by atoms with Gasteiger partial charge in [-0.15, -0.1) is 0 Å². The van der Waals surface area contributed by atoms with Crippen molar-refractivity contribution in [3.63, 3.8) is 0 Å². The quantitative estimate of drug-likeness (QED) is 0.544. The average molecular weight is 341 g/mol. The smallest absolute Gasteiger partial charge is 0.339 e. The molecule has 0 radical (unpaired) electrons. The number of hydrogen-bond acceptors (Lipinski definition) is 6. The van der Waals surface area contributed by atoms with E-state index in [0.717, 1.165) is 0 Å². The third-order valence-electron chi connectivity index (χ3n) is 3.77. The van der Waals surface area contributed by atoms with Crippen molar-refractivity contribution in [2.75, 3.05) is 12.4 Å². The molecule has 0 bridgehead atoms. The Kier molecular flexibility index (Phi) is 3.98. The molecular weight excluding hydrogens is 326 g/mol. The minimum absolute atomic E-state index is 0.114. The fourth-order valence-corrected chi connectivity index (χ4v) is 2.53. The fraction of sp³-hybridized carbons (Fsp3) is 0.0556. The highest BCUT2D eigenvalue weighted by atomic mass is 16.5. The van der Waals surface area contributed by atoms with Crippen molar-refractivity contribution >= 4 is 23.8 Å². The van der Waals surface area contributed by atoms with Crippen molar-refractivity contribution in [3.8, 4) is 23.0 Å². The molecular formula is C18H15NO6. The molecule has 5 N–H and O–H groups in total. The van der Waals surface area contributed by atoms with Gasteiger partial charge >= 0.3 is 5.97 Å². The van der Waals surface area contributed by atoms with Gasteiger partial charge in [-0.2, -0.15) is 0 Å². The summed E-state index contributed by atoms with van der Waals surface area (Å²) in [5.41, 5.74) is 1.81. The topological polar surface area (TPSA) is 119 Å². The molecule has 0 atom stereocenters. The first-order valence-electron chi connectivity index (χ1n) is 7.26. The maximum atomic E-state index is 11.1. The van der Waals surface area contributed by atoms with Crippen LogP contribution in [0.25, 0.3) is 12.2 Å². The summed E-state index contributed by atoms with van der Waals surface area (Å²) in [5, 5.41) is 41.6. The van der Waals surface area contributed by atoms with E-state index in [0.29, 0.717) is 16.8 Å². The second kappa shape index (κ2) is 6.12. The lowest BCUT2D eigenvalue weighted by Gasteiger charge is -2.18. The minimum atomic E-state index is -1.23. The number of allylic oxidation sites excluding steroid dienone is 1. The van der Waals surface area contributed by atoms with Crippen LogP contribution in [0.15, 0.2) is 36.0 Å². The van der Waals surface area contributed by atoms with Crippen molar-refractivity contribution in [2.24, 2.45) is 0 Å². The number of methoxy groups -OCH3 is 1. The molecule has 3 rings (SSSR count). The highest BCUT2D eigenvalue weighted by molar-refractivity contribution is 5.96. The maximum Gasteiger partial charge on any atom is 0.339 e. The van der Waals surface area contributed by atoms with E-state index in [9.17, 15) is 20.1 Å². The molecule has 0 unspecified atom stereocenters. The number of benzene rings is 2. The number of phenolic OH excluding ortho intramolecular Hbond substituents is 2. The number of anilines is 1. The Morgan fingerprint density at radius 1 is 1.12 bits per heavy atom. The molecule has 2 aromatic carbocycles. The van der Waals surface area contributed by atoms with Gasteiger partial charge in [0.1, 0.15) is 5.56 Å². The van der Waals surface area contributed by atoms with E-state index in [1.165, 1.54) is 25.3 Å². The molecule has 0 aromatic heterocycles. The number of carboxylic acids is 1. The SMILES string of the molecule is COc1cc(/C=C2\C=Cc3ccc(C(=O)O)c(O)c3N2)cc(O)c1O. The minimum Gasteiger partial charge on any atom is -0.505 e. The maximum absolute atomic E-state index is 11.1. The van der Waals surface area contributed by atoms with E-state index >= 15 is 0 Å². The number of hydrogen-bond donors (Lipinski definition) is 5. The molecule has 128 valence electrons. The van der Waals surface area contributed by atoms with Crippen LogP contribution in [0.4, 0.5) is 5.69 Å². The van der Waals surface area contributed by atoms with Gasteiger partial charge in [0.2, 0.25) is 5.75 Å². The van der Waals surface area contributed by atoms with Crippen molar-refractivity contribution < 1.29 is 30.0 Å². The lowest BCUT2D eigenvalue weighted by molar-refractivity contribution is 0.0694. The van der Waals surface area contributed by atoms with Gasteiger partial charge in [0.15, 0.2) is 17.2 Å². The molecule has 0 fully saturated rings. The van der Waals surface area contributed by atoms with Gasteiger partial charge in [-0.05, 0) is 35.9 Å². The third kappa shape index (κ3) is 2.94. The monoisotopic (exact) mass is 341 g/mol. The fourth-order valence-electron chi connectivity index (χ4n) is 2.53. The van der Waals surface area contributed by atoms with Crippen LogP contribution in [0.2, 0.25) is 0 Å².